The number of benzene rings is 1. The Morgan fingerprint density at radius 3 is 2.79 bits per heavy atom. The van der Waals surface area contributed by atoms with Crippen molar-refractivity contribution in [1.29, 1.82) is 5.41 Å². The van der Waals surface area contributed by atoms with Crippen molar-refractivity contribution in [1.82, 2.24) is 0 Å². The molecule has 0 saturated carbocycles. The van der Waals surface area contributed by atoms with Crippen molar-refractivity contribution in [2.45, 2.75) is 38.7 Å². The number of aliphatic carboxylic acids is 1. The van der Waals surface area contributed by atoms with Gasteiger partial charge in [-0.1, -0.05) is 31.9 Å². The monoisotopic (exact) mass is 264 g/mol. The van der Waals surface area contributed by atoms with Crippen LogP contribution in [0.3, 0.4) is 0 Å². The van der Waals surface area contributed by atoms with Gasteiger partial charge in [-0.15, -0.1) is 0 Å². The minimum Gasteiger partial charge on any atom is -0.479 e. The summed E-state index contributed by atoms with van der Waals surface area (Å²) in [6, 6.07) is 6.62. The van der Waals surface area contributed by atoms with E-state index in [4.69, 9.17) is 21.0 Å². The molecule has 0 spiro atoms. The molecule has 104 valence electrons. The van der Waals surface area contributed by atoms with Gasteiger partial charge in [0.1, 0.15) is 11.6 Å². The number of ether oxygens (including phenoxy) is 1. The van der Waals surface area contributed by atoms with E-state index < -0.39 is 12.1 Å². The molecular weight excluding hydrogens is 244 g/mol. The second-order valence-corrected chi connectivity index (χ2v) is 4.38. The van der Waals surface area contributed by atoms with Gasteiger partial charge in [0, 0.05) is 5.56 Å². The molecule has 5 nitrogen and oxygen atoms in total. The highest BCUT2D eigenvalue weighted by Gasteiger charge is 2.18. The fourth-order valence-corrected chi connectivity index (χ4v) is 1.71. The van der Waals surface area contributed by atoms with Crippen molar-refractivity contribution in [3.63, 3.8) is 0 Å². The summed E-state index contributed by atoms with van der Waals surface area (Å²) in [5, 5.41) is 16.5. The molecule has 0 heterocycles. The van der Waals surface area contributed by atoms with Gasteiger partial charge in [-0.2, -0.15) is 0 Å². The second kappa shape index (κ2) is 7.41. The maximum atomic E-state index is 11.1. The first-order valence-electron chi connectivity index (χ1n) is 6.38. The van der Waals surface area contributed by atoms with Crippen molar-refractivity contribution in [3.05, 3.63) is 29.8 Å². The first kappa shape index (κ1) is 15.0. The zero-order chi connectivity index (χ0) is 14.3. The van der Waals surface area contributed by atoms with Crippen molar-refractivity contribution in [2.75, 3.05) is 0 Å². The van der Waals surface area contributed by atoms with Crippen molar-refractivity contribution < 1.29 is 14.6 Å². The predicted octanol–water partition coefficient (Wildman–Crippen LogP) is 2.38. The molecule has 0 radical (unpaired) electrons. The lowest BCUT2D eigenvalue weighted by Crippen LogP contribution is -2.27. The third-order valence-electron chi connectivity index (χ3n) is 2.77. The van der Waals surface area contributed by atoms with Gasteiger partial charge in [0.15, 0.2) is 6.10 Å². The summed E-state index contributed by atoms with van der Waals surface area (Å²) in [7, 11) is 0. The van der Waals surface area contributed by atoms with E-state index in [9.17, 15) is 4.79 Å². The van der Waals surface area contributed by atoms with Crippen LogP contribution in [-0.4, -0.2) is 23.0 Å². The van der Waals surface area contributed by atoms with Gasteiger partial charge >= 0.3 is 5.97 Å². The van der Waals surface area contributed by atoms with Crippen LogP contribution in [0.5, 0.6) is 5.75 Å². The van der Waals surface area contributed by atoms with Crippen LogP contribution in [0, 0.1) is 5.41 Å². The Morgan fingerprint density at radius 1 is 1.47 bits per heavy atom. The Balaban J connectivity index is 2.70. The fourth-order valence-electron chi connectivity index (χ4n) is 1.71. The Hall–Kier alpha value is -2.04. The van der Waals surface area contributed by atoms with Crippen LogP contribution < -0.4 is 10.5 Å². The predicted molar refractivity (Wildman–Crippen MR) is 73.7 cm³/mol. The third-order valence-corrected chi connectivity index (χ3v) is 2.77. The summed E-state index contributed by atoms with van der Waals surface area (Å²) >= 11 is 0. The summed E-state index contributed by atoms with van der Waals surface area (Å²) in [6.07, 6.45) is 2.47. The molecule has 4 N–H and O–H groups in total. The molecule has 0 aliphatic heterocycles. The number of hydrogen-bond donors (Lipinski definition) is 3. The molecule has 0 bridgehead atoms. The molecule has 5 heteroatoms. The SMILES string of the molecule is CCCCCC(Oc1cccc(C(=N)N)c1)C(=O)O. The highest BCUT2D eigenvalue weighted by Crippen LogP contribution is 2.17. The molecule has 1 atom stereocenters. The molecule has 0 aromatic heterocycles. The van der Waals surface area contributed by atoms with Crippen LogP contribution >= 0.6 is 0 Å². The normalized spacial score (nSPS) is 11.8. The first-order valence-corrected chi connectivity index (χ1v) is 6.38. The maximum Gasteiger partial charge on any atom is 0.344 e. The molecular formula is C14H20N2O3. The third kappa shape index (κ3) is 4.99. The van der Waals surface area contributed by atoms with Crippen LogP contribution in [-0.2, 0) is 4.79 Å². The second-order valence-electron chi connectivity index (χ2n) is 4.38. The van der Waals surface area contributed by atoms with E-state index >= 15 is 0 Å². The number of carbonyl (C=O) groups is 1. The zero-order valence-electron chi connectivity index (χ0n) is 11.1. The van der Waals surface area contributed by atoms with Gasteiger partial charge in [0.2, 0.25) is 0 Å². The first-order chi connectivity index (χ1) is 9.04. The topological polar surface area (TPSA) is 96.4 Å². The number of carboxylic acid groups (broad SMARTS) is 1. The lowest BCUT2D eigenvalue weighted by atomic mass is 10.1. The number of rotatable bonds is 8. The minimum atomic E-state index is -0.968. The Bertz CT molecular complexity index is 446. The summed E-state index contributed by atoms with van der Waals surface area (Å²) in [6.45, 7) is 2.06. The summed E-state index contributed by atoms with van der Waals surface area (Å²) in [4.78, 5) is 11.1. The summed E-state index contributed by atoms with van der Waals surface area (Å²) in [5.74, 6) is -0.607. The maximum absolute atomic E-state index is 11.1. The number of hydrogen-bond acceptors (Lipinski definition) is 3. The molecule has 0 amide bonds. The summed E-state index contributed by atoms with van der Waals surface area (Å²) < 4.78 is 5.46. The minimum absolute atomic E-state index is 0.0664. The number of unbranched alkanes of at least 4 members (excludes halogenated alkanes) is 2. The smallest absolute Gasteiger partial charge is 0.344 e. The van der Waals surface area contributed by atoms with Crippen LogP contribution in [0.25, 0.3) is 0 Å². The van der Waals surface area contributed by atoms with Crippen LogP contribution in [0.15, 0.2) is 24.3 Å². The largest absolute Gasteiger partial charge is 0.479 e. The van der Waals surface area contributed by atoms with Crippen LogP contribution in [0.4, 0.5) is 0 Å². The van der Waals surface area contributed by atoms with Gasteiger partial charge in [-0.05, 0) is 25.0 Å². The molecule has 19 heavy (non-hydrogen) atoms. The highest BCUT2D eigenvalue weighted by atomic mass is 16.5. The average molecular weight is 264 g/mol. The number of nitrogen functional groups attached to an aromatic ring is 1. The fraction of sp³-hybridized carbons (Fsp3) is 0.429. The van der Waals surface area contributed by atoms with E-state index in [-0.39, 0.29) is 5.84 Å². The van der Waals surface area contributed by atoms with E-state index in [1.54, 1.807) is 24.3 Å². The van der Waals surface area contributed by atoms with E-state index in [1.165, 1.54) is 0 Å². The van der Waals surface area contributed by atoms with E-state index in [2.05, 4.69) is 6.92 Å². The molecule has 1 aromatic carbocycles. The average Bonchev–Trinajstić information content (AvgIpc) is 2.38. The molecule has 1 unspecified atom stereocenters. The highest BCUT2D eigenvalue weighted by molar-refractivity contribution is 5.95. The zero-order valence-corrected chi connectivity index (χ0v) is 11.1. The molecule has 1 aromatic rings. The molecule has 0 saturated heterocycles. The van der Waals surface area contributed by atoms with Crippen molar-refractivity contribution in [2.24, 2.45) is 5.73 Å². The van der Waals surface area contributed by atoms with Gasteiger partial charge in [-0.3, -0.25) is 5.41 Å². The van der Waals surface area contributed by atoms with Gasteiger partial charge in [0.05, 0.1) is 0 Å². The van der Waals surface area contributed by atoms with E-state index in [1.807, 2.05) is 0 Å². The van der Waals surface area contributed by atoms with E-state index in [0.29, 0.717) is 17.7 Å². The molecule has 0 fully saturated rings. The molecule has 1 rings (SSSR count). The van der Waals surface area contributed by atoms with Crippen molar-refractivity contribution in [3.8, 4) is 5.75 Å². The Morgan fingerprint density at radius 2 is 2.21 bits per heavy atom. The number of nitrogens with two attached hydrogens (primary N) is 1. The Labute approximate surface area is 112 Å². The number of carboxylic acids is 1. The van der Waals surface area contributed by atoms with Gasteiger partial charge in [-0.25, -0.2) is 4.79 Å². The lowest BCUT2D eigenvalue weighted by molar-refractivity contribution is -0.145. The van der Waals surface area contributed by atoms with Gasteiger partial charge < -0.3 is 15.6 Å². The summed E-state index contributed by atoms with van der Waals surface area (Å²) in [5.41, 5.74) is 5.91. The lowest BCUT2D eigenvalue weighted by Gasteiger charge is -2.15. The Kier molecular flexibility index (Phi) is 5.85. The van der Waals surface area contributed by atoms with Gasteiger partial charge in [0.25, 0.3) is 0 Å². The number of amidine groups is 1. The molecule has 0 aliphatic rings. The quantitative estimate of drug-likeness (QED) is 0.381. The van der Waals surface area contributed by atoms with Crippen LogP contribution in [0.2, 0.25) is 0 Å². The standard InChI is InChI=1S/C14H20N2O3/c1-2-3-4-8-12(14(17)18)19-11-7-5-6-10(9-11)13(15)16/h5-7,9,12H,2-4,8H2,1H3,(H3,15,16)(H,17,18). The van der Waals surface area contributed by atoms with Crippen molar-refractivity contribution >= 4 is 11.8 Å². The molecule has 0 aliphatic carbocycles. The van der Waals surface area contributed by atoms with Crippen LogP contribution in [0.1, 0.15) is 38.2 Å². The number of nitrogens with one attached hydrogen (secondary N) is 1. The van der Waals surface area contributed by atoms with E-state index in [0.717, 1.165) is 19.3 Å².